The fourth-order valence-corrected chi connectivity index (χ4v) is 5.75. The van der Waals surface area contributed by atoms with Crippen LogP contribution in [0.3, 0.4) is 0 Å². The number of hydrogen-bond acceptors (Lipinski definition) is 5. The van der Waals surface area contributed by atoms with E-state index in [1.165, 1.54) is 0 Å². The number of aromatic nitrogens is 3. The second kappa shape index (κ2) is 8.57. The van der Waals surface area contributed by atoms with Crippen molar-refractivity contribution in [3.05, 3.63) is 60.7 Å². The Morgan fingerprint density at radius 3 is 2.47 bits per heavy atom. The second-order valence-corrected chi connectivity index (χ2v) is 9.45. The molecule has 158 valence electrons. The van der Waals surface area contributed by atoms with Crippen molar-refractivity contribution < 1.29 is 13.5 Å². The molecule has 1 saturated carbocycles. The molecule has 0 amide bonds. The first-order valence-corrected chi connectivity index (χ1v) is 11.7. The number of nitrogens with one attached hydrogen (secondary N) is 1. The molecule has 0 spiro atoms. The first kappa shape index (κ1) is 20.6. The topological polar surface area (TPSA) is 97.1 Å². The van der Waals surface area contributed by atoms with Gasteiger partial charge in [-0.25, -0.2) is 13.1 Å². The Morgan fingerprint density at radius 1 is 1.07 bits per heavy atom. The van der Waals surface area contributed by atoms with Crippen LogP contribution >= 0.6 is 0 Å². The summed E-state index contributed by atoms with van der Waals surface area (Å²) < 4.78 is 31.3. The largest absolute Gasteiger partial charge is 0.508 e. The standard InChI is InChI=1S/C22H26N4O3S/c1-2-16-12-18(17-6-9-21(27)10-7-17)8-11-22(16)30(28,29)25-19-4-3-5-20(13-19)26-14-23-24-15-26/h6-12,14-15,19-20,25,27H,2-5,13H2,1H3/t19-,20+/m0/s1. The van der Waals surface area contributed by atoms with Crippen LogP contribution in [0.1, 0.15) is 44.2 Å². The highest BCUT2D eigenvalue weighted by Gasteiger charge is 2.28. The summed E-state index contributed by atoms with van der Waals surface area (Å²) in [6.45, 7) is 1.96. The molecule has 0 radical (unpaired) electrons. The van der Waals surface area contributed by atoms with E-state index in [4.69, 9.17) is 0 Å². The maximum absolute atomic E-state index is 13.2. The molecule has 7 nitrogen and oxygen atoms in total. The number of phenolic OH excluding ortho intramolecular Hbond substituents is 1. The minimum Gasteiger partial charge on any atom is -0.508 e. The SMILES string of the molecule is CCc1cc(-c2ccc(O)cc2)ccc1S(=O)(=O)N[C@H]1CCC[C@@H](n2cnnc2)C1. The molecule has 8 heteroatoms. The van der Waals surface area contributed by atoms with Crippen LogP contribution in [0.5, 0.6) is 5.75 Å². The minimum absolute atomic E-state index is 0.113. The third-order valence-corrected chi connectivity index (χ3v) is 7.38. The molecule has 0 bridgehead atoms. The molecule has 4 rings (SSSR count). The van der Waals surface area contributed by atoms with Gasteiger partial charge in [-0.3, -0.25) is 0 Å². The number of aryl methyl sites for hydroxylation is 1. The fourth-order valence-electron chi connectivity index (χ4n) is 4.17. The third kappa shape index (κ3) is 4.39. The lowest BCUT2D eigenvalue weighted by atomic mass is 9.91. The summed E-state index contributed by atoms with van der Waals surface area (Å²) in [6, 6.07) is 12.4. The van der Waals surface area contributed by atoms with Gasteiger partial charge >= 0.3 is 0 Å². The Hall–Kier alpha value is -2.71. The highest BCUT2D eigenvalue weighted by Crippen LogP contribution is 2.31. The number of rotatable bonds is 6. The monoisotopic (exact) mass is 426 g/mol. The zero-order chi connectivity index (χ0) is 21.1. The van der Waals surface area contributed by atoms with Crippen molar-refractivity contribution in [1.82, 2.24) is 19.5 Å². The molecular weight excluding hydrogens is 400 g/mol. The average molecular weight is 427 g/mol. The van der Waals surface area contributed by atoms with E-state index in [1.807, 2.05) is 35.8 Å². The molecule has 1 fully saturated rings. The summed E-state index contributed by atoms with van der Waals surface area (Å²) in [5.74, 6) is 0.204. The van der Waals surface area contributed by atoms with Crippen molar-refractivity contribution in [2.75, 3.05) is 0 Å². The molecule has 1 aromatic heterocycles. The van der Waals surface area contributed by atoms with Gasteiger partial charge in [-0.15, -0.1) is 10.2 Å². The molecule has 2 aromatic carbocycles. The molecule has 2 atom stereocenters. The molecule has 1 aliphatic rings. The Bertz CT molecular complexity index is 1100. The number of phenols is 1. The van der Waals surface area contributed by atoms with E-state index in [9.17, 15) is 13.5 Å². The molecule has 30 heavy (non-hydrogen) atoms. The van der Waals surface area contributed by atoms with Gasteiger partial charge in [-0.2, -0.15) is 0 Å². The van der Waals surface area contributed by atoms with E-state index in [-0.39, 0.29) is 17.8 Å². The van der Waals surface area contributed by atoms with Crippen molar-refractivity contribution >= 4 is 10.0 Å². The number of nitrogens with zero attached hydrogens (tertiary/aromatic N) is 3. The summed E-state index contributed by atoms with van der Waals surface area (Å²) in [4.78, 5) is 0.332. The number of sulfonamides is 1. The third-order valence-electron chi connectivity index (χ3n) is 5.76. The van der Waals surface area contributed by atoms with Gasteiger partial charge in [0.2, 0.25) is 10.0 Å². The zero-order valence-electron chi connectivity index (χ0n) is 16.9. The van der Waals surface area contributed by atoms with Gasteiger partial charge < -0.3 is 9.67 Å². The van der Waals surface area contributed by atoms with Crippen molar-refractivity contribution in [3.8, 4) is 16.9 Å². The maximum Gasteiger partial charge on any atom is 0.241 e. The minimum atomic E-state index is -3.63. The van der Waals surface area contributed by atoms with Crippen molar-refractivity contribution in [3.63, 3.8) is 0 Å². The van der Waals surface area contributed by atoms with Crippen molar-refractivity contribution in [2.24, 2.45) is 0 Å². The number of hydrogen-bond donors (Lipinski definition) is 2. The predicted octanol–water partition coefficient (Wildman–Crippen LogP) is 3.68. The average Bonchev–Trinajstić information content (AvgIpc) is 3.29. The summed E-state index contributed by atoms with van der Waals surface area (Å²) >= 11 is 0. The van der Waals surface area contributed by atoms with Gasteiger partial charge in [0, 0.05) is 12.1 Å². The van der Waals surface area contributed by atoms with Crippen LogP contribution in [0.2, 0.25) is 0 Å². The molecule has 0 saturated heterocycles. The van der Waals surface area contributed by atoms with Gasteiger partial charge in [0.25, 0.3) is 0 Å². The van der Waals surface area contributed by atoms with Crippen molar-refractivity contribution in [2.45, 2.75) is 56.0 Å². The smallest absolute Gasteiger partial charge is 0.241 e. The van der Waals surface area contributed by atoms with Gasteiger partial charge in [-0.1, -0.05) is 25.1 Å². The van der Waals surface area contributed by atoms with Crippen LogP contribution in [0, 0.1) is 0 Å². The molecule has 0 aliphatic heterocycles. The molecular formula is C22H26N4O3S. The van der Waals surface area contributed by atoms with Crippen LogP contribution in [-0.4, -0.2) is 34.3 Å². The second-order valence-electron chi connectivity index (χ2n) is 7.77. The summed E-state index contributed by atoms with van der Waals surface area (Å²) in [5.41, 5.74) is 2.64. The van der Waals surface area contributed by atoms with E-state index in [0.717, 1.165) is 42.4 Å². The Balaban J connectivity index is 1.55. The van der Waals surface area contributed by atoms with E-state index >= 15 is 0 Å². The van der Waals surface area contributed by atoms with Crippen LogP contribution in [0.4, 0.5) is 0 Å². The lowest BCUT2D eigenvalue weighted by Gasteiger charge is -2.30. The van der Waals surface area contributed by atoms with Crippen molar-refractivity contribution in [1.29, 1.82) is 0 Å². The lowest BCUT2D eigenvalue weighted by Crippen LogP contribution is -2.39. The van der Waals surface area contributed by atoms with Gasteiger partial charge in [0.15, 0.2) is 0 Å². The fraction of sp³-hybridized carbons (Fsp3) is 0.364. The van der Waals surface area contributed by atoms with Gasteiger partial charge in [-0.05, 0) is 73.1 Å². The molecule has 2 N–H and O–H groups in total. The number of benzene rings is 2. The molecule has 1 heterocycles. The predicted molar refractivity (Wildman–Crippen MR) is 115 cm³/mol. The Morgan fingerprint density at radius 2 is 1.77 bits per heavy atom. The van der Waals surface area contributed by atoms with E-state index in [1.54, 1.807) is 30.9 Å². The Labute approximate surface area is 176 Å². The summed E-state index contributed by atoms with van der Waals surface area (Å²) in [6.07, 6.45) is 7.50. The maximum atomic E-state index is 13.2. The van der Waals surface area contributed by atoms with Crippen LogP contribution < -0.4 is 4.72 Å². The van der Waals surface area contributed by atoms with Crippen LogP contribution in [-0.2, 0) is 16.4 Å². The zero-order valence-corrected chi connectivity index (χ0v) is 17.7. The first-order chi connectivity index (χ1) is 14.5. The lowest BCUT2D eigenvalue weighted by molar-refractivity contribution is 0.305. The van der Waals surface area contributed by atoms with Crippen LogP contribution in [0.25, 0.3) is 11.1 Å². The molecule has 1 aliphatic carbocycles. The number of aromatic hydroxyl groups is 1. The molecule has 3 aromatic rings. The molecule has 0 unspecified atom stereocenters. The first-order valence-electron chi connectivity index (χ1n) is 10.2. The normalized spacial score (nSPS) is 19.6. The van der Waals surface area contributed by atoms with Gasteiger partial charge in [0.05, 0.1) is 4.90 Å². The highest BCUT2D eigenvalue weighted by atomic mass is 32.2. The quantitative estimate of drug-likeness (QED) is 0.627. The van der Waals surface area contributed by atoms with E-state index < -0.39 is 10.0 Å². The van der Waals surface area contributed by atoms with Gasteiger partial charge in [0.1, 0.15) is 18.4 Å². The highest BCUT2D eigenvalue weighted by molar-refractivity contribution is 7.89. The van der Waals surface area contributed by atoms with E-state index in [2.05, 4.69) is 14.9 Å². The van der Waals surface area contributed by atoms with E-state index in [0.29, 0.717) is 11.3 Å². The summed E-state index contributed by atoms with van der Waals surface area (Å²) in [7, 11) is -3.63. The Kier molecular flexibility index (Phi) is 5.87. The summed E-state index contributed by atoms with van der Waals surface area (Å²) in [5, 5.41) is 17.2. The van der Waals surface area contributed by atoms with Crippen LogP contribution in [0.15, 0.2) is 60.0 Å².